The molecule has 0 atom stereocenters. The maximum atomic E-state index is 13.2. The number of amides is 2. The number of urea groups is 1. The summed E-state index contributed by atoms with van der Waals surface area (Å²) >= 11 is 6.22. The van der Waals surface area contributed by atoms with Crippen LogP contribution in [0, 0.1) is 13.8 Å². The average molecular weight is 446 g/mol. The van der Waals surface area contributed by atoms with Crippen LogP contribution in [0.4, 0.5) is 10.5 Å². The monoisotopic (exact) mass is 445 g/mol. The summed E-state index contributed by atoms with van der Waals surface area (Å²) in [5, 5.41) is 4.26. The molecule has 0 unspecified atom stereocenters. The third-order valence-electron chi connectivity index (χ3n) is 5.61. The van der Waals surface area contributed by atoms with E-state index >= 15 is 0 Å². The van der Waals surface area contributed by atoms with Gasteiger partial charge in [0, 0.05) is 12.1 Å². The quantitative estimate of drug-likeness (QED) is 0.393. The number of pyridine rings is 1. The van der Waals surface area contributed by atoms with Crippen molar-refractivity contribution >= 4 is 34.2 Å². The van der Waals surface area contributed by atoms with E-state index in [9.17, 15) is 9.59 Å². The lowest BCUT2D eigenvalue weighted by atomic mass is 10.0. The van der Waals surface area contributed by atoms with Gasteiger partial charge in [-0.3, -0.25) is 4.79 Å². The average Bonchev–Trinajstić information content (AvgIpc) is 2.79. The molecule has 1 heterocycles. The molecule has 0 saturated carbocycles. The van der Waals surface area contributed by atoms with Gasteiger partial charge in [-0.25, -0.2) is 4.79 Å². The van der Waals surface area contributed by atoms with Gasteiger partial charge in [0.15, 0.2) is 0 Å². The number of hydrogen-bond acceptors (Lipinski definition) is 2. The summed E-state index contributed by atoms with van der Waals surface area (Å²) in [6.45, 7) is 4.51. The molecule has 162 valence electrons. The van der Waals surface area contributed by atoms with Crippen molar-refractivity contribution in [1.82, 2.24) is 9.88 Å². The van der Waals surface area contributed by atoms with Crippen LogP contribution in [-0.4, -0.2) is 15.9 Å². The molecule has 0 aliphatic heterocycles. The van der Waals surface area contributed by atoms with Crippen molar-refractivity contribution in [2.45, 2.75) is 26.9 Å². The number of aromatic nitrogens is 1. The number of H-pyrrole nitrogens is 1. The van der Waals surface area contributed by atoms with Crippen molar-refractivity contribution in [3.8, 4) is 0 Å². The first-order chi connectivity index (χ1) is 15.4. The van der Waals surface area contributed by atoms with Gasteiger partial charge in [-0.1, -0.05) is 66.2 Å². The molecule has 0 bridgehead atoms. The molecule has 2 amide bonds. The predicted molar refractivity (Wildman–Crippen MR) is 130 cm³/mol. The number of rotatable bonds is 5. The maximum absolute atomic E-state index is 13.2. The standard InChI is InChI=1S/C26H24ClN3O2/c1-17-12-13-20-14-21(25(31)29-24(20)18(17)2)16-30(15-19-8-4-3-5-9-19)26(32)28-23-11-7-6-10-22(23)27/h3-14H,15-16H2,1-2H3,(H,28,32)(H,29,31). The maximum Gasteiger partial charge on any atom is 0.322 e. The van der Waals surface area contributed by atoms with Crippen molar-refractivity contribution in [3.05, 3.63) is 110 Å². The lowest BCUT2D eigenvalue weighted by Crippen LogP contribution is -2.35. The number of anilines is 1. The van der Waals surface area contributed by atoms with Crippen LogP contribution in [0.3, 0.4) is 0 Å². The molecule has 0 spiro atoms. The van der Waals surface area contributed by atoms with Crippen molar-refractivity contribution in [3.63, 3.8) is 0 Å². The van der Waals surface area contributed by atoms with Gasteiger partial charge < -0.3 is 15.2 Å². The number of nitrogens with one attached hydrogen (secondary N) is 2. The molecule has 5 nitrogen and oxygen atoms in total. The molecule has 0 aliphatic carbocycles. The Morgan fingerprint density at radius 1 is 0.969 bits per heavy atom. The van der Waals surface area contributed by atoms with Crippen molar-refractivity contribution in [1.29, 1.82) is 0 Å². The topological polar surface area (TPSA) is 65.2 Å². The second-order valence-corrected chi connectivity index (χ2v) is 8.25. The van der Waals surface area contributed by atoms with Crippen LogP contribution < -0.4 is 10.9 Å². The highest BCUT2D eigenvalue weighted by Gasteiger charge is 2.18. The Morgan fingerprint density at radius 3 is 2.44 bits per heavy atom. The Balaban J connectivity index is 1.68. The smallest absolute Gasteiger partial charge is 0.321 e. The third-order valence-corrected chi connectivity index (χ3v) is 5.94. The Bertz CT molecular complexity index is 1330. The summed E-state index contributed by atoms with van der Waals surface area (Å²) in [5.74, 6) is 0. The first-order valence-electron chi connectivity index (χ1n) is 10.4. The van der Waals surface area contributed by atoms with Crippen LogP contribution >= 0.6 is 11.6 Å². The zero-order valence-corrected chi connectivity index (χ0v) is 18.7. The number of aryl methyl sites for hydroxylation is 2. The van der Waals surface area contributed by atoms with E-state index in [1.165, 1.54) is 0 Å². The van der Waals surface area contributed by atoms with E-state index in [-0.39, 0.29) is 18.1 Å². The lowest BCUT2D eigenvalue weighted by Gasteiger charge is -2.24. The van der Waals surface area contributed by atoms with Gasteiger partial charge in [0.05, 0.1) is 22.8 Å². The van der Waals surface area contributed by atoms with Crippen LogP contribution in [0.25, 0.3) is 10.9 Å². The van der Waals surface area contributed by atoms with Crippen LogP contribution in [0.5, 0.6) is 0 Å². The second-order valence-electron chi connectivity index (χ2n) is 7.85. The fourth-order valence-corrected chi connectivity index (χ4v) is 3.84. The Kier molecular flexibility index (Phi) is 6.28. The van der Waals surface area contributed by atoms with Crippen molar-refractivity contribution < 1.29 is 4.79 Å². The highest BCUT2D eigenvalue weighted by atomic mass is 35.5. The molecular formula is C26H24ClN3O2. The van der Waals surface area contributed by atoms with Crippen LogP contribution in [0.2, 0.25) is 5.02 Å². The van der Waals surface area contributed by atoms with Crippen LogP contribution in [0.15, 0.2) is 77.6 Å². The summed E-state index contributed by atoms with van der Waals surface area (Å²) in [5.41, 5.74) is 4.80. The van der Waals surface area contributed by atoms with Gasteiger partial charge in [0.25, 0.3) is 5.56 Å². The minimum absolute atomic E-state index is 0.156. The summed E-state index contributed by atoms with van der Waals surface area (Å²) in [6.07, 6.45) is 0. The summed E-state index contributed by atoms with van der Waals surface area (Å²) in [4.78, 5) is 30.7. The molecule has 4 aromatic rings. The van der Waals surface area contributed by atoms with E-state index < -0.39 is 0 Å². The van der Waals surface area contributed by atoms with Gasteiger partial charge >= 0.3 is 6.03 Å². The fourth-order valence-electron chi connectivity index (χ4n) is 3.65. The van der Waals surface area contributed by atoms with Crippen molar-refractivity contribution in [2.24, 2.45) is 0 Å². The molecule has 1 aromatic heterocycles. The summed E-state index contributed by atoms with van der Waals surface area (Å²) in [6, 6.07) is 22.3. The van der Waals surface area contributed by atoms with Gasteiger partial charge in [-0.15, -0.1) is 0 Å². The minimum atomic E-state index is -0.332. The Morgan fingerprint density at radius 2 is 1.69 bits per heavy atom. The summed E-state index contributed by atoms with van der Waals surface area (Å²) < 4.78 is 0. The van der Waals surface area contributed by atoms with Gasteiger partial charge in [-0.05, 0) is 54.1 Å². The molecule has 0 radical (unpaired) electrons. The number of halogens is 1. The number of aromatic amines is 1. The van der Waals surface area contributed by atoms with Crippen LogP contribution in [-0.2, 0) is 13.1 Å². The number of carbonyl (C=O) groups is 1. The number of nitrogens with zero attached hydrogens (tertiary/aromatic N) is 1. The fraction of sp³-hybridized carbons (Fsp3) is 0.154. The number of benzene rings is 3. The third kappa shape index (κ3) is 4.68. The molecule has 4 rings (SSSR count). The van der Waals surface area contributed by atoms with E-state index in [4.69, 9.17) is 11.6 Å². The highest BCUT2D eigenvalue weighted by molar-refractivity contribution is 6.33. The molecular weight excluding hydrogens is 422 g/mol. The second kappa shape index (κ2) is 9.28. The lowest BCUT2D eigenvalue weighted by molar-refractivity contribution is 0.206. The first-order valence-corrected chi connectivity index (χ1v) is 10.8. The SMILES string of the molecule is Cc1ccc2cc(CN(Cc3ccccc3)C(=O)Nc3ccccc3Cl)c(=O)[nH]c2c1C. The van der Waals surface area contributed by atoms with Gasteiger partial charge in [-0.2, -0.15) is 0 Å². The predicted octanol–water partition coefficient (Wildman–Crippen LogP) is 6.03. The van der Waals surface area contributed by atoms with Crippen LogP contribution in [0.1, 0.15) is 22.3 Å². The minimum Gasteiger partial charge on any atom is -0.321 e. The van der Waals surface area contributed by atoms with Crippen molar-refractivity contribution in [2.75, 3.05) is 5.32 Å². The highest BCUT2D eigenvalue weighted by Crippen LogP contribution is 2.23. The molecule has 0 saturated heterocycles. The molecule has 32 heavy (non-hydrogen) atoms. The van der Waals surface area contributed by atoms with Gasteiger partial charge in [0.2, 0.25) is 0 Å². The molecule has 2 N–H and O–H groups in total. The molecule has 0 aliphatic rings. The summed E-state index contributed by atoms with van der Waals surface area (Å²) in [7, 11) is 0. The van der Waals surface area contributed by atoms with E-state index in [0.717, 1.165) is 27.6 Å². The zero-order valence-electron chi connectivity index (χ0n) is 18.0. The van der Waals surface area contributed by atoms with E-state index in [1.807, 2.05) is 62.4 Å². The van der Waals surface area contributed by atoms with E-state index in [0.29, 0.717) is 22.8 Å². The normalized spacial score (nSPS) is 10.8. The molecule has 6 heteroatoms. The number of carbonyl (C=O) groups excluding carboxylic acids is 1. The van der Waals surface area contributed by atoms with Gasteiger partial charge in [0.1, 0.15) is 0 Å². The Labute approximate surface area is 191 Å². The Hall–Kier alpha value is -3.57. The van der Waals surface area contributed by atoms with E-state index in [2.05, 4.69) is 10.3 Å². The largest absolute Gasteiger partial charge is 0.322 e. The number of hydrogen-bond donors (Lipinski definition) is 2. The van der Waals surface area contributed by atoms with E-state index in [1.54, 1.807) is 29.2 Å². The molecule has 3 aromatic carbocycles. The first kappa shape index (κ1) is 21.7. The number of fused-ring (bicyclic) bond motifs is 1. The molecule has 0 fully saturated rings. The number of para-hydroxylation sites is 1. The zero-order chi connectivity index (χ0) is 22.7.